The molecule has 2 aromatic heterocycles. The Morgan fingerprint density at radius 2 is 1.80 bits per heavy atom. The molecule has 80 valence electrons. The first-order chi connectivity index (χ1) is 7.03. The molecule has 0 saturated heterocycles. The van der Waals surface area contributed by atoms with Crippen molar-refractivity contribution >= 4 is 22.7 Å². The maximum Gasteiger partial charge on any atom is 0.122 e. The quantitative estimate of drug-likeness (QED) is 0.846. The van der Waals surface area contributed by atoms with E-state index in [0.29, 0.717) is 0 Å². The second-order valence-corrected chi connectivity index (χ2v) is 5.93. The molecular formula is C12H14OS2. The van der Waals surface area contributed by atoms with E-state index in [9.17, 15) is 5.11 Å². The standard InChI is InChI=1S/C12H14OS2/c1-8-4-6-15-11(8)12(3,13)10-5-7-14-9(10)2/h4-7,13H,1-3H3. The highest BCUT2D eigenvalue weighted by Gasteiger charge is 2.30. The molecular weight excluding hydrogens is 224 g/mol. The number of rotatable bonds is 2. The minimum absolute atomic E-state index is 0.845. The number of aryl methyl sites for hydroxylation is 2. The third-order valence-corrected chi connectivity index (χ3v) is 4.76. The third-order valence-electron chi connectivity index (χ3n) is 2.69. The Bertz CT molecular complexity index is 423. The lowest BCUT2D eigenvalue weighted by Crippen LogP contribution is -2.22. The molecule has 0 aliphatic heterocycles. The molecule has 1 unspecified atom stereocenters. The van der Waals surface area contributed by atoms with Gasteiger partial charge in [0.2, 0.25) is 0 Å². The molecule has 1 nitrogen and oxygen atoms in total. The number of thiophene rings is 2. The molecule has 0 fully saturated rings. The van der Waals surface area contributed by atoms with Crippen molar-refractivity contribution in [3.05, 3.63) is 43.8 Å². The molecule has 1 N–H and O–H groups in total. The van der Waals surface area contributed by atoms with Crippen LogP contribution < -0.4 is 0 Å². The predicted octanol–water partition coefficient (Wildman–Crippen LogP) is 3.68. The Kier molecular flexibility index (Phi) is 2.71. The molecule has 2 rings (SSSR count). The molecule has 0 radical (unpaired) electrons. The van der Waals surface area contributed by atoms with Crippen molar-refractivity contribution in [1.29, 1.82) is 0 Å². The van der Waals surface area contributed by atoms with E-state index in [4.69, 9.17) is 0 Å². The summed E-state index contributed by atoms with van der Waals surface area (Å²) in [5, 5.41) is 14.7. The average molecular weight is 238 g/mol. The van der Waals surface area contributed by atoms with Gasteiger partial charge in [-0.1, -0.05) is 0 Å². The van der Waals surface area contributed by atoms with Gasteiger partial charge in [0.25, 0.3) is 0 Å². The minimum Gasteiger partial charge on any atom is -0.380 e. The lowest BCUT2D eigenvalue weighted by molar-refractivity contribution is 0.105. The van der Waals surface area contributed by atoms with Crippen molar-refractivity contribution in [2.24, 2.45) is 0 Å². The maximum absolute atomic E-state index is 10.6. The zero-order chi connectivity index (χ0) is 11.1. The number of aliphatic hydroxyl groups is 1. The predicted molar refractivity (Wildman–Crippen MR) is 66.8 cm³/mol. The summed E-state index contributed by atoms with van der Waals surface area (Å²) in [7, 11) is 0. The fourth-order valence-corrected chi connectivity index (χ4v) is 3.69. The number of hydrogen-bond acceptors (Lipinski definition) is 3. The minimum atomic E-state index is -0.845. The summed E-state index contributed by atoms with van der Waals surface area (Å²) in [5.41, 5.74) is 1.34. The van der Waals surface area contributed by atoms with Crippen LogP contribution in [0.1, 0.15) is 27.8 Å². The monoisotopic (exact) mass is 238 g/mol. The van der Waals surface area contributed by atoms with Crippen LogP contribution in [0.3, 0.4) is 0 Å². The van der Waals surface area contributed by atoms with Gasteiger partial charge < -0.3 is 5.11 Å². The first-order valence-electron chi connectivity index (χ1n) is 4.85. The highest BCUT2D eigenvalue weighted by Crippen LogP contribution is 2.37. The normalized spacial score (nSPS) is 15.2. The van der Waals surface area contributed by atoms with Gasteiger partial charge >= 0.3 is 0 Å². The van der Waals surface area contributed by atoms with Crippen molar-refractivity contribution in [2.75, 3.05) is 0 Å². The van der Waals surface area contributed by atoms with Gasteiger partial charge in [0.15, 0.2) is 0 Å². The number of hydrogen-bond donors (Lipinski definition) is 1. The molecule has 0 bridgehead atoms. The van der Waals surface area contributed by atoms with Crippen molar-refractivity contribution in [3.8, 4) is 0 Å². The summed E-state index contributed by atoms with van der Waals surface area (Å²) in [4.78, 5) is 2.23. The zero-order valence-corrected chi connectivity index (χ0v) is 10.7. The van der Waals surface area contributed by atoms with Crippen molar-refractivity contribution in [1.82, 2.24) is 0 Å². The van der Waals surface area contributed by atoms with Crippen LogP contribution in [0.25, 0.3) is 0 Å². The average Bonchev–Trinajstić information content (AvgIpc) is 2.73. The van der Waals surface area contributed by atoms with Crippen molar-refractivity contribution in [3.63, 3.8) is 0 Å². The Hall–Kier alpha value is -0.640. The van der Waals surface area contributed by atoms with E-state index in [1.165, 1.54) is 4.88 Å². The lowest BCUT2D eigenvalue weighted by atomic mass is 9.93. The van der Waals surface area contributed by atoms with Crippen LogP contribution in [0, 0.1) is 13.8 Å². The second-order valence-electron chi connectivity index (χ2n) is 3.90. The van der Waals surface area contributed by atoms with E-state index in [1.807, 2.05) is 30.7 Å². The molecule has 3 heteroatoms. The van der Waals surface area contributed by atoms with Crippen LogP contribution in [0.2, 0.25) is 0 Å². The van der Waals surface area contributed by atoms with Gasteiger partial charge in [-0.15, -0.1) is 22.7 Å². The van der Waals surface area contributed by atoms with E-state index in [2.05, 4.69) is 13.0 Å². The molecule has 0 amide bonds. The van der Waals surface area contributed by atoms with Crippen molar-refractivity contribution < 1.29 is 5.11 Å². The van der Waals surface area contributed by atoms with E-state index >= 15 is 0 Å². The molecule has 0 aliphatic rings. The van der Waals surface area contributed by atoms with E-state index in [1.54, 1.807) is 22.7 Å². The molecule has 0 aliphatic carbocycles. The van der Waals surface area contributed by atoms with Crippen LogP contribution in [0.15, 0.2) is 22.9 Å². The first kappa shape index (κ1) is 10.9. The van der Waals surface area contributed by atoms with E-state index in [-0.39, 0.29) is 0 Å². The van der Waals surface area contributed by atoms with Gasteiger partial charge in [0.05, 0.1) is 0 Å². The summed E-state index contributed by atoms with van der Waals surface area (Å²) in [5.74, 6) is 0. The van der Waals surface area contributed by atoms with Gasteiger partial charge in [-0.3, -0.25) is 0 Å². The van der Waals surface area contributed by atoms with Gasteiger partial charge in [0.1, 0.15) is 5.60 Å². The van der Waals surface area contributed by atoms with Gasteiger partial charge in [-0.2, -0.15) is 0 Å². The third kappa shape index (κ3) is 1.75. The fraction of sp³-hybridized carbons (Fsp3) is 0.333. The van der Waals surface area contributed by atoms with Crippen LogP contribution in [0.5, 0.6) is 0 Å². The molecule has 0 saturated carbocycles. The molecule has 2 aromatic rings. The first-order valence-corrected chi connectivity index (χ1v) is 6.61. The summed E-state index contributed by atoms with van der Waals surface area (Å²) >= 11 is 3.30. The fourth-order valence-electron chi connectivity index (χ4n) is 1.88. The molecule has 1 atom stereocenters. The Labute approximate surface area is 98.0 Å². The molecule has 15 heavy (non-hydrogen) atoms. The van der Waals surface area contributed by atoms with Crippen LogP contribution in [0.4, 0.5) is 0 Å². The SMILES string of the molecule is Cc1ccsc1C(C)(O)c1ccsc1C. The zero-order valence-electron chi connectivity index (χ0n) is 9.07. The largest absolute Gasteiger partial charge is 0.380 e. The lowest BCUT2D eigenvalue weighted by Gasteiger charge is -2.23. The Balaban J connectivity index is 2.53. The summed E-state index contributed by atoms with van der Waals surface area (Å²) < 4.78 is 0. The van der Waals surface area contributed by atoms with E-state index in [0.717, 1.165) is 16.0 Å². The highest BCUT2D eigenvalue weighted by molar-refractivity contribution is 7.10. The maximum atomic E-state index is 10.6. The molecule has 2 heterocycles. The topological polar surface area (TPSA) is 20.2 Å². The van der Waals surface area contributed by atoms with Crippen LogP contribution in [-0.4, -0.2) is 5.11 Å². The van der Waals surface area contributed by atoms with Crippen molar-refractivity contribution in [2.45, 2.75) is 26.4 Å². The Morgan fingerprint density at radius 3 is 2.27 bits per heavy atom. The molecule has 0 aromatic carbocycles. The van der Waals surface area contributed by atoms with Gasteiger partial charge in [-0.05, 0) is 49.2 Å². The summed E-state index contributed by atoms with van der Waals surface area (Å²) in [6.45, 7) is 5.97. The summed E-state index contributed by atoms with van der Waals surface area (Å²) in [6.07, 6.45) is 0. The smallest absolute Gasteiger partial charge is 0.122 e. The second kappa shape index (κ2) is 3.74. The van der Waals surface area contributed by atoms with Gasteiger partial charge in [-0.25, -0.2) is 0 Å². The van der Waals surface area contributed by atoms with Crippen LogP contribution >= 0.6 is 22.7 Å². The summed E-state index contributed by atoms with van der Waals surface area (Å²) in [6, 6.07) is 4.06. The van der Waals surface area contributed by atoms with Crippen LogP contribution in [-0.2, 0) is 5.60 Å². The highest BCUT2D eigenvalue weighted by atomic mass is 32.1. The van der Waals surface area contributed by atoms with Gasteiger partial charge in [0, 0.05) is 15.3 Å². The van der Waals surface area contributed by atoms with E-state index < -0.39 is 5.60 Å². The molecule has 0 spiro atoms. The Morgan fingerprint density at radius 1 is 1.13 bits per heavy atom.